The highest BCUT2D eigenvalue weighted by atomic mass is 32.1. The lowest BCUT2D eigenvalue weighted by molar-refractivity contribution is -0.135. The smallest absolute Gasteiger partial charge is 0.244 e. The molecule has 35 heavy (non-hydrogen) atoms. The van der Waals surface area contributed by atoms with Gasteiger partial charge in [-0.15, -0.1) is 12.6 Å². The molecule has 1 rings (SSSR count). The van der Waals surface area contributed by atoms with Gasteiger partial charge in [0.2, 0.25) is 23.6 Å². The van der Waals surface area contributed by atoms with Gasteiger partial charge in [0, 0.05) is 48.9 Å². The summed E-state index contributed by atoms with van der Waals surface area (Å²) in [7, 11) is 0. The van der Waals surface area contributed by atoms with Crippen molar-refractivity contribution >= 4 is 67.2 Å². The highest BCUT2D eigenvalue weighted by molar-refractivity contribution is 7.80. The topological polar surface area (TPSA) is 98.8 Å². The van der Waals surface area contributed by atoms with E-state index < -0.39 is 0 Å². The lowest BCUT2D eigenvalue weighted by Crippen LogP contribution is -2.42. The number of anilines is 1. The molecular weight excluding hydrogens is 504 g/mol. The summed E-state index contributed by atoms with van der Waals surface area (Å²) < 4.78 is 0. The molecule has 2 N–H and O–H groups in total. The zero-order chi connectivity index (χ0) is 26.6. The second-order valence-electron chi connectivity index (χ2n) is 7.60. The van der Waals surface area contributed by atoms with E-state index in [1.54, 1.807) is 28.9 Å². The minimum atomic E-state index is -0.197. The molecule has 0 aliphatic rings. The Kier molecular flexibility index (Phi) is 19.3. The first-order valence-electron chi connectivity index (χ1n) is 11.9. The predicted octanol–water partition coefficient (Wildman–Crippen LogP) is 3.15. The van der Waals surface area contributed by atoms with Gasteiger partial charge in [-0.2, -0.15) is 25.3 Å². The lowest BCUT2D eigenvalue weighted by atomic mass is 10.3. The molecule has 0 aliphatic heterocycles. The van der Waals surface area contributed by atoms with Gasteiger partial charge in [-0.05, 0) is 25.0 Å². The molecule has 1 aromatic carbocycles. The molecule has 0 unspecified atom stereocenters. The van der Waals surface area contributed by atoms with Crippen LogP contribution in [0.25, 0.3) is 0 Å². The fourth-order valence-corrected chi connectivity index (χ4v) is 3.51. The fourth-order valence-electron chi connectivity index (χ4n) is 2.94. The SMILES string of the molecule is CCCC(=O)N(CCS)CC(=O)NCCS.CCCN(CC(=O)Nc1ccccc1S)C(=O)CC. The van der Waals surface area contributed by atoms with Crippen LogP contribution in [0.5, 0.6) is 0 Å². The number of carbonyl (C=O) groups excluding carboxylic acids is 4. The summed E-state index contributed by atoms with van der Waals surface area (Å²) >= 11 is 12.3. The van der Waals surface area contributed by atoms with Crippen LogP contribution in [0.2, 0.25) is 0 Å². The second-order valence-corrected chi connectivity index (χ2v) is 8.97. The van der Waals surface area contributed by atoms with Crippen LogP contribution in [0.15, 0.2) is 29.2 Å². The summed E-state index contributed by atoms with van der Waals surface area (Å²) in [4.78, 5) is 50.5. The van der Waals surface area contributed by atoms with Crippen molar-refractivity contribution in [1.82, 2.24) is 15.1 Å². The average molecular weight is 545 g/mol. The Morgan fingerprint density at radius 2 is 1.46 bits per heavy atom. The molecule has 198 valence electrons. The largest absolute Gasteiger partial charge is 0.354 e. The van der Waals surface area contributed by atoms with Gasteiger partial charge in [0.1, 0.15) is 0 Å². The van der Waals surface area contributed by atoms with Gasteiger partial charge < -0.3 is 20.4 Å². The Hall–Kier alpha value is -1.85. The summed E-state index contributed by atoms with van der Waals surface area (Å²) in [5.41, 5.74) is 0.663. The normalized spacial score (nSPS) is 10.0. The highest BCUT2D eigenvalue weighted by Gasteiger charge is 2.16. The molecule has 0 aliphatic carbocycles. The molecule has 0 bridgehead atoms. The summed E-state index contributed by atoms with van der Waals surface area (Å²) in [6.07, 6.45) is 2.52. The fraction of sp³-hybridized carbons (Fsp3) is 0.583. The number of rotatable bonds is 14. The van der Waals surface area contributed by atoms with E-state index in [4.69, 9.17) is 0 Å². The number of nitrogens with one attached hydrogen (secondary N) is 2. The monoisotopic (exact) mass is 544 g/mol. The van der Waals surface area contributed by atoms with E-state index in [1.165, 1.54) is 0 Å². The van der Waals surface area contributed by atoms with Crippen molar-refractivity contribution in [2.75, 3.05) is 49.5 Å². The van der Waals surface area contributed by atoms with Crippen molar-refractivity contribution in [2.45, 2.75) is 51.3 Å². The zero-order valence-electron chi connectivity index (χ0n) is 21.0. The first-order chi connectivity index (χ1) is 16.7. The second kappa shape index (κ2) is 20.4. The molecule has 0 spiro atoms. The van der Waals surface area contributed by atoms with Gasteiger partial charge >= 0.3 is 0 Å². The van der Waals surface area contributed by atoms with E-state index in [1.807, 2.05) is 26.0 Å². The standard InChI is InChI=1S/C14H20N2O2S.C10H20N2O2S2/c1-3-9-16(14(18)4-2)10-13(17)15-11-7-5-6-8-12(11)19;1-2-3-10(14)12(5-7-16)8-9(13)11-4-6-15/h5-8,19H,3-4,9-10H2,1-2H3,(H,15,17);15-16H,2-8H2,1H3,(H,11,13). The highest BCUT2D eigenvalue weighted by Crippen LogP contribution is 2.18. The van der Waals surface area contributed by atoms with E-state index in [2.05, 4.69) is 48.5 Å². The molecule has 0 heterocycles. The number of nitrogens with zero attached hydrogens (tertiary/aromatic N) is 2. The minimum absolute atomic E-state index is 0.00356. The van der Waals surface area contributed by atoms with E-state index in [0.29, 0.717) is 54.6 Å². The maximum absolute atomic E-state index is 11.9. The van der Waals surface area contributed by atoms with Gasteiger partial charge in [-0.25, -0.2) is 0 Å². The van der Waals surface area contributed by atoms with Gasteiger partial charge in [-0.1, -0.05) is 32.9 Å². The molecule has 0 atom stereocenters. The maximum Gasteiger partial charge on any atom is 0.244 e. The van der Waals surface area contributed by atoms with Crippen molar-refractivity contribution in [3.05, 3.63) is 24.3 Å². The third-order valence-corrected chi connectivity index (χ3v) is 5.43. The van der Waals surface area contributed by atoms with Crippen LogP contribution in [0.4, 0.5) is 5.69 Å². The molecule has 11 heteroatoms. The predicted molar refractivity (Wildman–Crippen MR) is 152 cm³/mol. The minimum Gasteiger partial charge on any atom is -0.354 e. The molecule has 0 fully saturated rings. The van der Waals surface area contributed by atoms with Crippen LogP contribution >= 0.6 is 37.9 Å². The number of benzene rings is 1. The van der Waals surface area contributed by atoms with Crippen LogP contribution in [0.1, 0.15) is 46.5 Å². The van der Waals surface area contributed by atoms with Crippen molar-refractivity contribution < 1.29 is 19.2 Å². The van der Waals surface area contributed by atoms with Crippen LogP contribution in [-0.2, 0) is 19.2 Å². The average Bonchev–Trinajstić information content (AvgIpc) is 2.83. The molecule has 1 aromatic rings. The van der Waals surface area contributed by atoms with Crippen molar-refractivity contribution in [3.63, 3.8) is 0 Å². The third kappa shape index (κ3) is 15.0. The molecule has 8 nitrogen and oxygen atoms in total. The van der Waals surface area contributed by atoms with Gasteiger partial charge in [-0.3, -0.25) is 19.2 Å². The molecule has 4 amide bonds. The molecular formula is C24H40N4O4S3. The number of thiol groups is 3. The van der Waals surface area contributed by atoms with Crippen LogP contribution in [0.3, 0.4) is 0 Å². The van der Waals surface area contributed by atoms with Crippen molar-refractivity contribution in [3.8, 4) is 0 Å². The van der Waals surface area contributed by atoms with Gasteiger partial charge in [0.15, 0.2) is 0 Å². The first kappa shape index (κ1) is 33.1. The van der Waals surface area contributed by atoms with E-state index in [9.17, 15) is 19.2 Å². The molecule has 0 radical (unpaired) electrons. The molecule has 0 saturated heterocycles. The molecule has 0 aromatic heterocycles. The number of para-hydroxylation sites is 1. The summed E-state index contributed by atoms with van der Waals surface area (Å²) in [5.74, 6) is 0.835. The van der Waals surface area contributed by atoms with Crippen LogP contribution in [0, 0.1) is 0 Å². The van der Waals surface area contributed by atoms with Crippen LogP contribution < -0.4 is 10.6 Å². The Morgan fingerprint density at radius 1 is 0.829 bits per heavy atom. The molecule has 0 saturated carbocycles. The first-order valence-corrected chi connectivity index (χ1v) is 13.6. The van der Waals surface area contributed by atoms with E-state index in [-0.39, 0.29) is 36.7 Å². The van der Waals surface area contributed by atoms with Gasteiger partial charge in [0.25, 0.3) is 0 Å². The number of hydrogen-bond acceptors (Lipinski definition) is 7. The van der Waals surface area contributed by atoms with E-state index >= 15 is 0 Å². The van der Waals surface area contributed by atoms with Gasteiger partial charge in [0.05, 0.1) is 18.8 Å². The van der Waals surface area contributed by atoms with Crippen molar-refractivity contribution in [1.29, 1.82) is 0 Å². The Balaban J connectivity index is 0.000000672. The number of carbonyl (C=O) groups is 4. The number of hydrogen-bond donors (Lipinski definition) is 5. The zero-order valence-corrected chi connectivity index (χ0v) is 23.6. The summed E-state index contributed by atoms with van der Waals surface area (Å²) in [5, 5.41) is 5.45. The Morgan fingerprint density at radius 3 is 2.00 bits per heavy atom. The maximum atomic E-state index is 11.9. The Labute approximate surface area is 226 Å². The summed E-state index contributed by atoms with van der Waals surface area (Å²) in [6, 6.07) is 7.27. The quantitative estimate of drug-likeness (QED) is 0.232. The Bertz CT molecular complexity index is 796. The number of amides is 4. The third-order valence-electron chi connectivity index (χ3n) is 4.62. The van der Waals surface area contributed by atoms with E-state index in [0.717, 1.165) is 12.8 Å². The van der Waals surface area contributed by atoms with Crippen LogP contribution in [-0.4, -0.2) is 77.7 Å². The van der Waals surface area contributed by atoms with Crippen molar-refractivity contribution in [2.24, 2.45) is 0 Å². The lowest BCUT2D eigenvalue weighted by Gasteiger charge is -2.21. The summed E-state index contributed by atoms with van der Waals surface area (Å²) in [6.45, 7) is 7.56.